The molecule has 1 aliphatic heterocycles. The summed E-state index contributed by atoms with van der Waals surface area (Å²) < 4.78 is 32.5. The molecule has 7 nitrogen and oxygen atoms in total. The molecule has 1 saturated heterocycles. The molecule has 1 fully saturated rings. The Morgan fingerprint density at radius 1 is 1.57 bits per heavy atom. The smallest absolute Gasteiger partial charge is 0.235 e. The van der Waals surface area contributed by atoms with Gasteiger partial charge in [-0.25, -0.2) is 8.42 Å². The summed E-state index contributed by atoms with van der Waals surface area (Å²) in [4.78, 5) is 0. The molecule has 21 heavy (non-hydrogen) atoms. The van der Waals surface area contributed by atoms with Gasteiger partial charge in [-0.3, -0.25) is 4.72 Å². The molecule has 1 aliphatic rings. The minimum Gasteiger partial charge on any atom is -0.409 e. The van der Waals surface area contributed by atoms with Crippen molar-refractivity contribution >= 4 is 37.5 Å². The zero-order chi connectivity index (χ0) is 15.5. The molecule has 1 aromatic carbocycles. The molecular weight excluding hydrogens is 362 g/mol. The molecular formula is C12H16BrN3O4S. The summed E-state index contributed by atoms with van der Waals surface area (Å²) in [5.41, 5.74) is 6.34. The van der Waals surface area contributed by atoms with Crippen LogP contribution in [0.4, 0.5) is 5.69 Å². The van der Waals surface area contributed by atoms with E-state index in [0.717, 1.165) is 12.8 Å². The molecule has 2 rings (SSSR count). The van der Waals surface area contributed by atoms with Crippen LogP contribution in [-0.4, -0.2) is 37.9 Å². The van der Waals surface area contributed by atoms with E-state index in [9.17, 15) is 8.42 Å². The quantitative estimate of drug-likeness (QED) is 0.311. The Balaban J connectivity index is 2.11. The van der Waals surface area contributed by atoms with Gasteiger partial charge in [0.2, 0.25) is 10.0 Å². The van der Waals surface area contributed by atoms with Gasteiger partial charge in [-0.15, -0.1) is 0 Å². The van der Waals surface area contributed by atoms with E-state index >= 15 is 0 Å². The number of ether oxygens (including phenoxy) is 1. The third-order valence-electron chi connectivity index (χ3n) is 3.07. The van der Waals surface area contributed by atoms with E-state index in [-0.39, 0.29) is 17.7 Å². The Bertz CT molecular complexity index is 642. The van der Waals surface area contributed by atoms with Crippen molar-refractivity contribution in [3.8, 4) is 0 Å². The fourth-order valence-electron chi connectivity index (χ4n) is 2.04. The van der Waals surface area contributed by atoms with E-state index < -0.39 is 10.0 Å². The Kier molecular flexibility index (Phi) is 5.07. The lowest BCUT2D eigenvalue weighted by Crippen LogP contribution is -2.25. The number of hydrogen-bond acceptors (Lipinski definition) is 5. The number of sulfonamides is 1. The summed E-state index contributed by atoms with van der Waals surface area (Å²) >= 11 is 3.26. The lowest BCUT2D eigenvalue weighted by Gasteiger charge is -2.13. The van der Waals surface area contributed by atoms with E-state index in [2.05, 4.69) is 25.8 Å². The van der Waals surface area contributed by atoms with Crippen LogP contribution in [0.25, 0.3) is 0 Å². The highest BCUT2D eigenvalue weighted by atomic mass is 79.9. The fraction of sp³-hybridized carbons (Fsp3) is 0.417. The second-order valence-electron chi connectivity index (χ2n) is 4.70. The number of nitrogens with two attached hydrogens (primary N) is 1. The van der Waals surface area contributed by atoms with Crippen LogP contribution < -0.4 is 10.5 Å². The van der Waals surface area contributed by atoms with Crippen LogP contribution in [0.5, 0.6) is 0 Å². The Morgan fingerprint density at radius 2 is 2.33 bits per heavy atom. The number of nitrogens with one attached hydrogen (secondary N) is 1. The number of hydrogen-bond donors (Lipinski definition) is 3. The average molecular weight is 378 g/mol. The Morgan fingerprint density at radius 3 is 2.90 bits per heavy atom. The Hall–Kier alpha value is -1.32. The van der Waals surface area contributed by atoms with Crippen LogP contribution in [0.1, 0.15) is 18.4 Å². The Labute approximate surface area is 131 Å². The molecule has 1 aromatic rings. The van der Waals surface area contributed by atoms with Crippen LogP contribution in [0, 0.1) is 0 Å². The molecule has 0 aliphatic carbocycles. The summed E-state index contributed by atoms with van der Waals surface area (Å²) in [6.07, 6.45) is 1.39. The summed E-state index contributed by atoms with van der Waals surface area (Å²) in [6.45, 7) is 0.609. The molecule has 0 aromatic heterocycles. The molecule has 0 saturated carbocycles. The molecule has 1 unspecified atom stereocenters. The predicted octanol–water partition coefficient (Wildman–Crippen LogP) is 1.46. The molecule has 9 heteroatoms. The van der Waals surface area contributed by atoms with Crippen molar-refractivity contribution in [3.05, 3.63) is 28.2 Å². The first kappa shape index (κ1) is 16.1. The van der Waals surface area contributed by atoms with Gasteiger partial charge in [-0.1, -0.05) is 5.16 Å². The summed E-state index contributed by atoms with van der Waals surface area (Å²) in [7, 11) is -3.50. The average Bonchev–Trinajstić information content (AvgIpc) is 2.92. The molecule has 116 valence electrons. The third-order valence-corrected chi connectivity index (χ3v) is 5.06. The maximum Gasteiger partial charge on any atom is 0.235 e. The van der Waals surface area contributed by atoms with Crippen molar-refractivity contribution in [1.82, 2.24) is 0 Å². The van der Waals surface area contributed by atoms with Crippen molar-refractivity contribution in [2.75, 3.05) is 17.1 Å². The van der Waals surface area contributed by atoms with Crippen molar-refractivity contribution in [1.29, 1.82) is 0 Å². The maximum atomic E-state index is 12.1. The number of halogens is 1. The summed E-state index contributed by atoms with van der Waals surface area (Å²) in [6, 6.07) is 4.67. The van der Waals surface area contributed by atoms with Crippen LogP contribution in [0.2, 0.25) is 0 Å². The first-order valence-corrected chi connectivity index (χ1v) is 8.75. The lowest BCUT2D eigenvalue weighted by atomic mass is 10.2. The van der Waals surface area contributed by atoms with Gasteiger partial charge in [0.05, 0.1) is 17.5 Å². The molecule has 0 radical (unpaired) electrons. The third kappa shape index (κ3) is 4.32. The highest BCUT2D eigenvalue weighted by Crippen LogP contribution is 2.25. The number of oxime groups is 1. The number of anilines is 1. The van der Waals surface area contributed by atoms with E-state index in [1.54, 1.807) is 18.2 Å². The van der Waals surface area contributed by atoms with E-state index in [1.165, 1.54) is 0 Å². The molecule has 0 bridgehead atoms. The van der Waals surface area contributed by atoms with Gasteiger partial charge in [0.15, 0.2) is 5.84 Å². The minimum absolute atomic E-state index is 0.0514. The number of nitrogens with zero attached hydrogens (tertiary/aromatic N) is 1. The molecule has 1 heterocycles. The van der Waals surface area contributed by atoms with Gasteiger partial charge >= 0.3 is 0 Å². The molecule has 0 spiro atoms. The van der Waals surface area contributed by atoms with Gasteiger partial charge in [0.25, 0.3) is 0 Å². The first-order valence-electron chi connectivity index (χ1n) is 6.31. The van der Waals surface area contributed by atoms with Gasteiger partial charge in [-0.05, 0) is 47.0 Å². The fourth-order valence-corrected chi connectivity index (χ4v) is 4.00. The number of benzene rings is 1. The predicted molar refractivity (Wildman–Crippen MR) is 83.0 cm³/mol. The maximum absolute atomic E-state index is 12.1. The minimum atomic E-state index is -3.50. The topological polar surface area (TPSA) is 114 Å². The van der Waals surface area contributed by atoms with Crippen molar-refractivity contribution < 1.29 is 18.4 Å². The number of amidine groups is 1. The number of rotatable bonds is 5. The second-order valence-corrected chi connectivity index (χ2v) is 7.32. The van der Waals surface area contributed by atoms with Gasteiger partial charge < -0.3 is 15.7 Å². The monoisotopic (exact) mass is 377 g/mol. The van der Waals surface area contributed by atoms with E-state index in [1.807, 2.05) is 0 Å². The standard InChI is InChI=1S/C12H16BrN3O4S/c13-10-6-8(12(14)15-17)3-4-11(10)16-21(18,19)7-9-2-1-5-20-9/h3-4,6,9,16-17H,1-2,5,7H2,(H2,14,15). The molecule has 1 atom stereocenters. The first-order chi connectivity index (χ1) is 9.91. The zero-order valence-electron chi connectivity index (χ0n) is 11.1. The molecule has 4 N–H and O–H groups in total. The normalized spacial score (nSPS) is 19.7. The van der Waals surface area contributed by atoms with Crippen molar-refractivity contribution in [2.45, 2.75) is 18.9 Å². The van der Waals surface area contributed by atoms with E-state index in [0.29, 0.717) is 22.3 Å². The van der Waals surface area contributed by atoms with Crippen LogP contribution in [0.15, 0.2) is 27.8 Å². The largest absolute Gasteiger partial charge is 0.409 e. The second kappa shape index (κ2) is 6.63. The van der Waals surface area contributed by atoms with Gasteiger partial charge in [0, 0.05) is 16.6 Å². The van der Waals surface area contributed by atoms with Crippen LogP contribution >= 0.6 is 15.9 Å². The van der Waals surface area contributed by atoms with E-state index in [4.69, 9.17) is 15.7 Å². The van der Waals surface area contributed by atoms with Gasteiger partial charge in [0.1, 0.15) is 0 Å². The lowest BCUT2D eigenvalue weighted by molar-refractivity contribution is 0.127. The summed E-state index contributed by atoms with van der Waals surface area (Å²) in [5.74, 6) is -0.119. The zero-order valence-corrected chi connectivity index (χ0v) is 13.5. The SMILES string of the molecule is N/C(=N/O)c1ccc(NS(=O)(=O)CC2CCCO2)c(Br)c1. The highest BCUT2D eigenvalue weighted by Gasteiger charge is 2.23. The van der Waals surface area contributed by atoms with Crippen LogP contribution in [-0.2, 0) is 14.8 Å². The summed E-state index contributed by atoms with van der Waals surface area (Å²) in [5, 5.41) is 11.5. The van der Waals surface area contributed by atoms with Gasteiger partial charge in [-0.2, -0.15) is 0 Å². The van der Waals surface area contributed by atoms with Crippen molar-refractivity contribution in [3.63, 3.8) is 0 Å². The molecule has 0 amide bonds. The highest BCUT2D eigenvalue weighted by molar-refractivity contribution is 9.10. The van der Waals surface area contributed by atoms with Crippen LogP contribution in [0.3, 0.4) is 0 Å². The van der Waals surface area contributed by atoms with Crippen molar-refractivity contribution in [2.24, 2.45) is 10.9 Å².